The molecule has 0 aromatic carbocycles. The second-order valence-corrected chi connectivity index (χ2v) is 5.36. The first-order valence-electron chi connectivity index (χ1n) is 6.11. The number of aromatic nitrogens is 1. The van der Waals surface area contributed by atoms with Crippen molar-refractivity contribution in [1.29, 1.82) is 0 Å². The molecule has 5 heteroatoms. The van der Waals surface area contributed by atoms with E-state index in [0.29, 0.717) is 24.5 Å². The molecule has 1 aromatic rings. The summed E-state index contributed by atoms with van der Waals surface area (Å²) in [6, 6.07) is 3.30. The molecular weight excluding hydrogens is 230 g/mol. The average Bonchev–Trinajstić information content (AvgIpc) is 2.78. The van der Waals surface area contributed by atoms with E-state index in [9.17, 15) is 9.90 Å². The summed E-state index contributed by atoms with van der Waals surface area (Å²) in [7, 11) is 0. The molecule has 0 radical (unpaired) electrons. The predicted octanol–water partition coefficient (Wildman–Crippen LogP) is 0.897. The number of carbonyl (C=O) groups is 1. The fraction of sp³-hybridized carbons (Fsp3) is 0.538. The van der Waals surface area contributed by atoms with Crippen molar-refractivity contribution in [3.05, 3.63) is 23.9 Å². The van der Waals surface area contributed by atoms with E-state index in [-0.39, 0.29) is 11.8 Å². The van der Waals surface area contributed by atoms with Crippen molar-refractivity contribution < 1.29 is 9.90 Å². The van der Waals surface area contributed by atoms with Crippen molar-refractivity contribution in [1.82, 2.24) is 9.88 Å². The molecule has 1 aromatic heterocycles. The van der Waals surface area contributed by atoms with Gasteiger partial charge in [0.15, 0.2) is 0 Å². The fourth-order valence-electron chi connectivity index (χ4n) is 2.24. The minimum Gasteiger partial charge on any atom is -0.390 e. The molecule has 1 aliphatic heterocycles. The van der Waals surface area contributed by atoms with E-state index in [0.717, 1.165) is 6.42 Å². The van der Waals surface area contributed by atoms with Crippen LogP contribution in [0.2, 0.25) is 0 Å². The second-order valence-electron chi connectivity index (χ2n) is 5.36. The van der Waals surface area contributed by atoms with E-state index in [1.807, 2.05) is 0 Å². The van der Waals surface area contributed by atoms with Crippen molar-refractivity contribution in [2.24, 2.45) is 5.92 Å². The number of nitrogens with zero attached hydrogens (tertiary/aromatic N) is 2. The van der Waals surface area contributed by atoms with E-state index in [4.69, 9.17) is 5.73 Å². The van der Waals surface area contributed by atoms with Gasteiger partial charge in [0.25, 0.3) is 5.91 Å². The summed E-state index contributed by atoms with van der Waals surface area (Å²) in [6.07, 6.45) is 2.33. The van der Waals surface area contributed by atoms with Gasteiger partial charge >= 0.3 is 0 Å². The molecule has 1 saturated heterocycles. The number of anilines is 1. The lowest BCUT2D eigenvalue weighted by Crippen LogP contribution is -2.35. The zero-order valence-electron chi connectivity index (χ0n) is 10.8. The number of rotatable bonds is 2. The van der Waals surface area contributed by atoms with Gasteiger partial charge in [-0.15, -0.1) is 0 Å². The van der Waals surface area contributed by atoms with Crippen molar-refractivity contribution in [2.45, 2.75) is 25.9 Å². The number of hydrogen-bond acceptors (Lipinski definition) is 4. The first kappa shape index (κ1) is 12.8. The number of likely N-dealkylation sites (tertiary alicyclic amines) is 1. The first-order chi connectivity index (χ1) is 8.38. The van der Waals surface area contributed by atoms with Crippen LogP contribution in [0, 0.1) is 5.92 Å². The smallest absolute Gasteiger partial charge is 0.255 e. The van der Waals surface area contributed by atoms with Crippen LogP contribution in [0.3, 0.4) is 0 Å². The molecule has 0 unspecified atom stereocenters. The number of amides is 1. The van der Waals surface area contributed by atoms with E-state index < -0.39 is 5.60 Å². The molecule has 3 N–H and O–H groups in total. The molecule has 0 saturated carbocycles. The lowest BCUT2D eigenvalue weighted by molar-refractivity contribution is 0.0211. The van der Waals surface area contributed by atoms with Crippen molar-refractivity contribution in [3.63, 3.8) is 0 Å². The van der Waals surface area contributed by atoms with Gasteiger partial charge in [-0.2, -0.15) is 0 Å². The lowest BCUT2D eigenvalue weighted by Gasteiger charge is -2.25. The molecular formula is C13H19N3O2. The molecule has 1 atom stereocenters. The number of aliphatic hydroxyl groups is 1. The monoisotopic (exact) mass is 249 g/mol. The Labute approximate surface area is 107 Å². The Balaban J connectivity index is 2.06. The van der Waals surface area contributed by atoms with Crippen LogP contribution in [-0.4, -0.2) is 39.6 Å². The molecule has 1 fully saturated rings. The topological polar surface area (TPSA) is 79.5 Å². The summed E-state index contributed by atoms with van der Waals surface area (Å²) in [5.74, 6) is 0.486. The maximum Gasteiger partial charge on any atom is 0.255 e. The molecule has 1 aliphatic rings. The zero-order valence-corrected chi connectivity index (χ0v) is 10.8. The summed E-state index contributed by atoms with van der Waals surface area (Å²) in [5.41, 5.74) is 5.29. The average molecular weight is 249 g/mol. The van der Waals surface area contributed by atoms with Crippen LogP contribution in [0.25, 0.3) is 0 Å². The highest BCUT2D eigenvalue weighted by Gasteiger charge is 2.35. The third kappa shape index (κ3) is 2.61. The Kier molecular flexibility index (Phi) is 3.26. The van der Waals surface area contributed by atoms with Crippen LogP contribution in [0.5, 0.6) is 0 Å². The number of nitrogen functional groups attached to an aromatic ring is 1. The molecule has 98 valence electrons. The van der Waals surface area contributed by atoms with Gasteiger partial charge in [0.05, 0.1) is 11.2 Å². The molecule has 1 amide bonds. The summed E-state index contributed by atoms with van der Waals surface area (Å²) in [6.45, 7) is 4.84. The van der Waals surface area contributed by atoms with Crippen molar-refractivity contribution in [2.75, 3.05) is 18.8 Å². The van der Waals surface area contributed by atoms with E-state index in [1.165, 1.54) is 6.20 Å². The summed E-state index contributed by atoms with van der Waals surface area (Å²) >= 11 is 0. The third-order valence-electron chi connectivity index (χ3n) is 3.51. The Morgan fingerprint density at radius 1 is 1.56 bits per heavy atom. The Bertz CT molecular complexity index is 437. The highest BCUT2D eigenvalue weighted by Crippen LogP contribution is 2.27. The van der Waals surface area contributed by atoms with Crippen molar-refractivity contribution in [3.8, 4) is 0 Å². The minimum absolute atomic E-state index is 0.0470. The highest BCUT2D eigenvalue weighted by molar-refractivity contribution is 5.94. The van der Waals surface area contributed by atoms with Gasteiger partial charge in [-0.25, -0.2) is 4.98 Å². The molecule has 2 rings (SSSR count). The van der Waals surface area contributed by atoms with Crippen LogP contribution in [0.15, 0.2) is 18.3 Å². The third-order valence-corrected chi connectivity index (χ3v) is 3.51. The Hall–Kier alpha value is -1.62. The fourth-order valence-corrected chi connectivity index (χ4v) is 2.24. The van der Waals surface area contributed by atoms with E-state index in [1.54, 1.807) is 30.9 Å². The summed E-state index contributed by atoms with van der Waals surface area (Å²) in [4.78, 5) is 17.9. The van der Waals surface area contributed by atoms with Crippen molar-refractivity contribution >= 4 is 11.7 Å². The number of carbonyl (C=O) groups excluding carboxylic acids is 1. The Morgan fingerprint density at radius 2 is 2.28 bits per heavy atom. The van der Waals surface area contributed by atoms with Gasteiger partial charge in [0.2, 0.25) is 0 Å². The molecule has 0 aliphatic carbocycles. The van der Waals surface area contributed by atoms with Gasteiger partial charge in [-0.05, 0) is 32.4 Å². The van der Waals surface area contributed by atoms with Gasteiger partial charge < -0.3 is 15.7 Å². The first-order valence-corrected chi connectivity index (χ1v) is 6.11. The summed E-state index contributed by atoms with van der Waals surface area (Å²) in [5, 5.41) is 9.96. The Morgan fingerprint density at radius 3 is 2.78 bits per heavy atom. The molecule has 5 nitrogen and oxygen atoms in total. The van der Waals surface area contributed by atoms with Gasteiger partial charge in [0.1, 0.15) is 5.82 Å². The van der Waals surface area contributed by atoms with Crippen LogP contribution >= 0.6 is 0 Å². The number of pyridine rings is 1. The molecule has 0 spiro atoms. The number of hydrogen-bond donors (Lipinski definition) is 2. The maximum atomic E-state index is 12.2. The van der Waals surface area contributed by atoms with Gasteiger partial charge in [-0.3, -0.25) is 4.79 Å². The molecule has 0 bridgehead atoms. The summed E-state index contributed by atoms with van der Waals surface area (Å²) < 4.78 is 0. The van der Waals surface area contributed by atoms with Gasteiger partial charge in [-0.1, -0.05) is 0 Å². The van der Waals surface area contributed by atoms with E-state index in [2.05, 4.69) is 4.98 Å². The maximum absolute atomic E-state index is 12.2. The minimum atomic E-state index is -0.742. The van der Waals surface area contributed by atoms with Gasteiger partial charge in [0, 0.05) is 25.2 Å². The quantitative estimate of drug-likeness (QED) is 0.816. The van der Waals surface area contributed by atoms with Crippen LogP contribution < -0.4 is 5.73 Å². The standard InChI is InChI=1S/C13H19N3O2/c1-13(2,18)10-5-6-16(8-10)12(17)9-3-4-11(14)15-7-9/h3-4,7,10,18H,5-6,8H2,1-2H3,(H2,14,15)/t10-/m0/s1. The highest BCUT2D eigenvalue weighted by atomic mass is 16.3. The zero-order chi connectivity index (χ0) is 13.3. The SMILES string of the molecule is CC(C)(O)[C@H]1CCN(C(=O)c2ccc(N)nc2)C1. The molecule has 2 heterocycles. The largest absolute Gasteiger partial charge is 0.390 e. The predicted molar refractivity (Wildman–Crippen MR) is 69.0 cm³/mol. The van der Waals surface area contributed by atoms with E-state index >= 15 is 0 Å². The van der Waals surface area contributed by atoms with Crippen LogP contribution in [-0.2, 0) is 0 Å². The van der Waals surface area contributed by atoms with Crippen LogP contribution in [0.4, 0.5) is 5.82 Å². The number of nitrogens with two attached hydrogens (primary N) is 1. The van der Waals surface area contributed by atoms with Crippen LogP contribution in [0.1, 0.15) is 30.6 Å². The normalized spacial score (nSPS) is 20.2. The molecule has 18 heavy (non-hydrogen) atoms. The second kappa shape index (κ2) is 4.57. The lowest BCUT2D eigenvalue weighted by atomic mass is 9.90.